The highest BCUT2D eigenvalue weighted by Gasteiger charge is 2.32. The van der Waals surface area contributed by atoms with Crippen LogP contribution in [0.1, 0.15) is 25.0 Å². The van der Waals surface area contributed by atoms with Crippen LogP contribution in [0.15, 0.2) is 47.4 Å². The van der Waals surface area contributed by atoms with Crippen molar-refractivity contribution < 1.29 is 22.7 Å². The van der Waals surface area contributed by atoms with Gasteiger partial charge in [-0.15, -0.1) is 0 Å². The van der Waals surface area contributed by atoms with Crippen molar-refractivity contribution in [3.63, 3.8) is 0 Å². The number of ether oxygens (including phenoxy) is 2. The Morgan fingerprint density at radius 2 is 1.79 bits per heavy atom. The van der Waals surface area contributed by atoms with Gasteiger partial charge in [-0.25, -0.2) is 8.42 Å². The van der Waals surface area contributed by atoms with Crippen molar-refractivity contribution in [1.29, 1.82) is 0 Å². The maximum atomic E-state index is 13.0. The van der Waals surface area contributed by atoms with Gasteiger partial charge in [0.1, 0.15) is 5.75 Å². The maximum Gasteiger partial charge on any atom is 0.243 e. The molecule has 8 nitrogen and oxygen atoms in total. The number of methoxy groups -OCH3 is 1. The van der Waals surface area contributed by atoms with Crippen LogP contribution >= 0.6 is 0 Å². The van der Waals surface area contributed by atoms with Crippen molar-refractivity contribution >= 4 is 21.6 Å². The first-order valence-electron chi connectivity index (χ1n) is 11.2. The fourth-order valence-electron chi connectivity index (χ4n) is 4.44. The van der Waals surface area contributed by atoms with Gasteiger partial charge in [0, 0.05) is 31.9 Å². The highest BCUT2D eigenvalue weighted by Crippen LogP contribution is 2.25. The molecule has 2 aromatic rings. The summed E-state index contributed by atoms with van der Waals surface area (Å²) in [6.45, 7) is 6.16. The number of morpholine rings is 1. The van der Waals surface area contributed by atoms with Crippen LogP contribution in [0, 0.1) is 0 Å². The van der Waals surface area contributed by atoms with Crippen molar-refractivity contribution in [3.8, 4) is 5.75 Å². The molecule has 2 aliphatic heterocycles. The Bertz CT molecular complexity index is 1090. The average molecular weight is 474 g/mol. The van der Waals surface area contributed by atoms with Crippen molar-refractivity contribution in [2.24, 2.45) is 0 Å². The van der Waals surface area contributed by atoms with Crippen LogP contribution in [0.2, 0.25) is 0 Å². The number of nitrogens with zero attached hydrogens (tertiary/aromatic N) is 2. The topological polar surface area (TPSA) is 88.2 Å². The molecule has 1 fully saturated rings. The fourth-order valence-corrected chi connectivity index (χ4v) is 6.03. The van der Waals surface area contributed by atoms with Gasteiger partial charge in [0.2, 0.25) is 15.9 Å². The highest BCUT2D eigenvalue weighted by molar-refractivity contribution is 7.89. The SMILES string of the molecule is COc1ccc2c(c1)CN(CC(=O)Nc1ccc(S(=O)(=O)N3CC(C)OC(C)C3)cc1)CC2. The summed E-state index contributed by atoms with van der Waals surface area (Å²) in [5, 5.41) is 2.87. The van der Waals surface area contributed by atoms with Crippen molar-refractivity contribution in [2.45, 2.75) is 43.9 Å². The lowest BCUT2D eigenvalue weighted by atomic mass is 9.99. The number of carbonyl (C=O) groups is 1. The largest absolute Gasteiger partial charge is 0.497 e. The van der Waals surface area contributed by atoms with E-state index in [1.807, 2.05) is 26.0 Å². The molecule has 2 aromatic carbocycles. The quantitative estimate of drug-likeness (QED) is 0.694. The summed E-state index contributed by atoms with van der Waals surface area (Å²) in [4.78, 5) is 14.9. The monoisotopic (exact) mass is 473 g/mol. The number of rotatable bonds is 6. The minimum atomic E-state index is -3.61. The molecule has 2 heterocycles. The molecular weight excluding hydrogens is 442 g/mol. The average Bonchev–Trinajstić information content (AvgIpc) is 2.78. The van der Waals surface area contributed by atoms with E-state index < -0.39 is 10.0 Å². The van der Waals surface area contributed by atoms with Gasteiger partial charge in [0.25, 0.3) is 0 Å². The lowest BCUT2D eigenvalue weighted by Crippen LogP contribution is -2.48. The number of amides is 1. The van der Waals surface area contributed by atoms with Crippen LogP contribution in [0.5, 0.6) is 5.75 Å². The summed E-state index contributed by atoms with van der Waals surface area (Å²) in [5.74, 6) is 0.684. The van der Waals surface area contributed by atoms with Crippen LogP contribution in [0.4, 0.5) is 5.69 Å². The summed E-state index contributed by atoms with van der Waals surface area (Å²) in [6, 6.07) is 12.4. The molecule has 33 heavy (non-hydrogen) atoms. The zero-order valence-electron chi connectivity index (χ0n) is 19.3. The standard InChI is InChI=1S/C24H31N3O5S/c1-17-13-27(14-18(2)32-17)33(29,30)23-8-5-21(6-9-23)25-24(28)16-26-11-10-19-4-7-22(31-3)12-20(19)15-26/h4-9,12,17-18H,10-11,13-16H2,1-3H3,(H,25,28). The maximum absolute atomic E-state index is 13.0. The summed E-state index contributed by atoms with van der Waals surface area (Å²) >= 11 is 0. The Morgan fingerprint density at radius 3 is 2.45 bits per heavy atom. The van der Waals surface area contributed by atoms with Crippen molar-refractivity contribution in [2.75, 3.05) is 38.6 Å². The molecule has 0 radical (unpaired) electrons. The summed E-state index contributed by atoms with van der Waals surface area (Å²) < 4.78 is 38.4. The first-order valence-corrected chi connectivity index (χ1v) is 12.6. The van der Waals surface area contributed by atoms with Gasteiger partial charge < -0.3 is 14.8 Å². The third-order valence-electron chi connectivity index (χ3n) is 6.03. The summed E-state index contributed by atoms with van der Waals surface area (Å²) in [5.41, 5.74) is 3.03. The lowest BCUT2D eigenvalue weighted by molar-refractivity contribution is -0.117. The molecule has 9 heteroatoms. The van der Waals surface area contributed by atoms with Gasteiger partial charge in [-0.2, -0.15) is 4.31 Å². The van der Waals surface area contributed by atoms with E-state index in [0.29, 0.717) is 25.3 Å². The van der Waals surface area contributed by atoms with Crippen LogP contribution in [0.3, 0.4) is 0 Å². The lowest BCUT2D eigenvalue weighted by Gasteiger charge is -2.34. The molecule has 4 rings (SSSR count). The Morgan fingerprint density at radius 1 is 1.09 bits per heavy atom. The first-order chi connectivity index (χ1) is 15.7. The number of carbonyl (C=O) groups excluding carboxylic acids is 1. The van der Waals surface area contributed by atoms with Crippen LogP contribution < -0.4 is 10.1 Å². The second-order valence-electron chi connectivity index (χ2n) is 8.75. The second-order valence-corrected chi connectivity index (χ2v) is 10.7. The molecule has 178 valence electrons. The van der Waals surface area contributed by atoms with E-state index in [-0.39, 0.29) is 29.6 Å². The van der Waals surface area contributed by atoms with Crippen molar-refractivity contribution in [3.05, 3.63) is 53.6 Å². The minimum absolute atomic E-state index is 0.132. The van der Waals surface area contributed by atoms with Crippen LogP contribution in [0.25, 0.3) is 0 Å². The third kappa shape index (κ3) is 5.55. The normalized spacial score (nSPS) is 21.9. The van der Waals surface area contributed by atoms with Gasteiger partial charge in [-0.05, 0) is 67.8 Å². The molecule has 0 aromatic heterocycles. The van der Waals surface area contributed by atoms with Gasteiger partial charge in [0.15, 0.2) is 0 Å². The molecule has 0 saturated carbocycles. The van der Waals surface area contributed by atoms with E-state index in [1.54, 1.807) is 31.4 Å². The van der Waals surface area contributed by atoms with E-state index in [2.05, 4.69) is 16.3 Å². The first kappa shape index (κ1) is 23.7. The molecule has 1 saturated heterocycles. The molecular formula is C24H31N3O5S. The predicted molar refractivity (Wildman–Crippen MR) is 126 cm³/mol. The van der Waals surface area contributed by atoms with Gasteiger partial charge in [0.05, 0.1) is 30.8 Å². The van der Waals surface area contributed by atoms with Gasteiger partial charge >= 0.3 is 0 Å². The Kier molecular flexibility index (Phi) is 7.04. The van der Waals surface area contributed by atoms with Gasteiger partial charge in [-0.3, -0.25) is 9.69 Å². The Labute approximate surface area is 195 Å². The van der Waals surface area contributed by atoms with Crippen LogP contribution in [-0.2, 0) is 32.5 Å². The zero-order chi connectivity index (χ0) is 23.6. The molecule has 2 aliphatic rings. The van der Waals surface area contributed by atoms with Crippen molar-refractivity contribution in [1.82, 2.24) is 9.21 Å². The molecule has 0 spiro atoms. The van der Waals surface area contributed by atoms with E-state index in [1.165, 1.54) is 15.4 Å². The zero-order valence-corrected chi connectivity index (χ0v) is 20.1. The van der Waals surface area contributed by atoms with Crippen LogP contribution in [-0.4, -0.2) is 69.0 Å². The third-order valence-corrected chi connectivity index (χ3v) is 7.88. The predicted octanol–water partition coefficient (Wildman–Crippen LogP) is 2.49. The molecule has 1 amide bonds. The number of hydrogen-bond donors (Lipinski definition) is 1. The molecule has 1 N–H and O–H groups in total. The smallest absolute Gasteiger partial charge is 0.243 e. The Hall–Kier alpha value is -2.46. The van der Waals surface area contributed by atoms with Gasteiger partial charge in [-0.1, -0.05) is 6.07 Å². The molecule has 2 unspecified atom stereocenters. The molecule has 0 aliphatic carbocycles. The molecule has 0 bridgehead atoms. The van der Waals surface area contributed by atoms with E-state index >= 15 is 0 Å². The van der Waals surface area contributed by atoms with E-state index in [9.17, 15) is 13.2 Å². The summed E-state index contributed by atoms with van der Waals surface area (Å²) in [6.07, 6.45) is 0.590. The molecule has 2 atom stereocenters. The highest BCUT2D eigenvalue weighted by atomic mass is 32.2. The minimum Gasteiger partial charge on any atom is -0.497 e. The Balaban J connectivity index is 1.35. The van der Waals surface area contributed by atoms with E-state index in [4.69, 9.17) is 9.47 Å². The number of fused-ring (bicyclic) bond motifs is 1. The number of nitrogens with one attached hydrogen (secondary N) is 1. The summed E-state index contributed by atoms with van der Waals surface area (Å²) in [7, 11) is -1.96. The number of sulfonamides is 1. The fraction of sp³-hybridized carbons (Fsp3) is 0.458. The number of hydrogen-bond acceptors (Lipinski definition) is 6. The van der Waals surface area contributed by atoms with E-state index in [0.717, 1.165) is 18.7 Å². The second kappa shape index (κ2) is 9.80. The number of anilines is 1. The number of benzene rings is 2.